The summed E-state index contributed by atoms with van der Waals surface area (Å²) in [5.41, 5.74) is 2.90. The zero-order chi connectivity index (χ0) is 19.6. The molecule has 1 N–H and O–H groups in total. The summed E-state index contributed by atoms with van der Waals surface area (Å²) in [7, 11) is -2.60. The lowest BCUT2D eigenvalue weighted by atomic mass is 10.1. The first kappa shape index (κ1) is 19.1. The first-order valence-electron chi connectivity index (χ1n) is 8.04. The van der Waals surface area contributed by atoms with Crippen LogP contribution in [0.25, 0.3) is 11.3 Å². The number of carbonyl (C=O) groups excluding carboxylic acids is 1. The van der Waals surface area contributed by atoms with E-state index in [1.165, 1.54) is 19.2 Å². The van der Waals surface area contributed by atoms with Gasteiger partial charge in [-0.25, -0.2) is 18.2 Å². The van der Waals surface area contributed by atoms with E-state index in [2.05, 4.69) is 14.4 Å². The third kappa shape index (κ3) is 4.17. The fourth-order valence-corrected chi connectivity index (χ4v) is 4.50. The summed E-state index contributed by atoms with van der Waals surface area (Å²) in [5.74, 6) is -0.589. The van der Waals surface area contributed by atoms with E-state index in [1.807, 2.05) is 24.4 Å². The van der Waals surface area contributed by atoms with Gasteiger partial charge >= 0.3 is 5.97 Å². The number of aromatic nitrogens is 1. The monoisotopic (exact) mass is 402 g/mol. The molecule has 0 aliphatic rings. The van der Waals surface area contributed by atoms with Gasteiger partial charge < -0.3 is 4.74 Å². The Balaban J connectivity index is 1.87. The molecule has 0 spiro atoms. The molecule has 27 heavy (non-hydrogen) atoms. The summed E-state index contributed by atoms with van der Waals surface area (Å²) in [5, 5.41) is 2.92. The molecule has 6 nitrogen and oxygen atoms in total. The van der Waals surface area contributed by atoms with E-state index in [9.17, 15) is 13.2 Å². The standard InChI is InChI=1S/C19H18N2O4S2/c1-12-4-5-15(19(22)25-3)10-18(12)27(23,24)21-16-8-6-14(7-9-16)17-11-26-13(2)20-17/h4-11,21H,1-3H3. The molecular weight excluding hydrogens is 384 g/mol. The Morgan fingerprint density at radius 2 is 1.81 bits per heavy atom. The van der Waals surface area contributed by atoms with Gasteiger partial charge in [-0.2, -0.15) is 0 Å². The molecule has 0 atom stereocenters. The Bertz CT molecular complexity index is 1090. The summed E-state index contributed by atoms with van der Waals surface area (Å²) < 4.78 is 32.7. The number of aryl methyl sites for hydroxylation is 2. The van der Waals surface area contributed by atoms with E-state index in [0.717, 1.165) is 16.3 Å². The molecule has 0 saturated heterocycles. The molecule has 0 amide bonds. The first-order chi connectivity index (χ1) is 12.8. The lowest BCUT2D eigenvalue weighted by molar-refractivity contribution is 0.0600. The summed E-state index contributed by atoms with van der Waals surface area (Å²) in [6.07, 6.45) is 0. The van der Waals surface area contributed by atoms with Crippen molar-refractivity contribution in [1.82, 2.24) is 4.98 Å². The van der Waals surface area contributed by atoms with Gasteiger partial charge in [-0.15, -0.1) is 11.3 Å². The molecule has 8 heteroatoms. The number of hydrogen-bond donors (Lipinski definition) is 1. The number of thiazole rings is 1. The number of carbonyl (C=O) groups is 1. The van der Waals surface area contributed by atoms with Crippen LogP contribution in [0.5, 0.6) is 0 Å². The van der Waals surface area contributed by atoms with Crippen molar-refractivity contribution in [2.24, 2.45) is 0 Å². The van der Waals surface area contributed by atoms with Crippen LogP contribution in [-0.4, -0.2) is 26.5 Å². The van der Waals surface area contributed by atoms with Gasteiger partial charge in [-0.1, -0.05) is 18.2 Å². The van der Waals surface area contributed by atoms with Crippen LogP contribution >= 0.6 is 11.3 Å². The third-order valence-corrected chi connectivity index (χ3v) is 6.25. The Morgan fingerprint density at radius 3 is 2.41 bits per heavy atom. The molecular formula is C19H18N2O4S2. The molecule has 0 aliphatic carbocycles. The zero-order valence-corrected chi connectivity index (χ0v) is 16.6. The molecule has 140 valence electrons. The highest BCUT2D eigenvalue weighted by Crippen LogP contribution is 2.25. The normalized spacial score (nSPS) is 11.2. The summed E-state index contributed by atoms with van der Waals surface area (Å²) in [6.45, 7) is 3.60. The highest BCUT2D eigenvalue weighted by Gasteiger charge is 2.19. The molecule has 2 aromatic carbocycles. The van der Waals surface area contributed by atoms with E-state index >= 15 is 0 Å². The van der Waals surface area contributed by atoms with E-state index in [-0.39, 0.29) is 10.5 Å². The molecule has 1 heterocycles. The minimum absolute atomic E-state index is 0.0320. The predicted octanol–water partition coefficient (Wildman–Crippen LogP) is 4.01. The van der Waals surface area contributed by atoms with Gasteiger partial charge in [0.2, 0.25) is 0 Å². The number of sulfonamides is 1. The average molecular weight is 402 g/mol. The van der Waals surface area contributed by atoms with Crippen molar-refractivity contribution in [3.05, 3.63) is 64.0 Å². The van der Waals surface area contributed by atoms with Gasteiger partial charge in [-0.3, -0.25) is 4.72 Å². The van der Waals surface area contributed by atoms with Crippen LogP contribution in [0.1, 0.15) is 20.9 Å². The van der Waals surface area contributed by atoms with Crippen molar-refractivity contribution >= 4 is 33.0 Å². The Labute approximate surface area is 161 Å². The fraction of sp³-hybridized carbons (Fsp3) is 0.158. The molecule has 0 unspecified atom stereocenters. The quantitative estimate of drug-likeness (QED) is 0.652. The molecule has 0 radical (unpaired) electrons. The molecule has 0 aliphatic heterocycles. The van der Waals surface area contributed by atoms with Crippen LogP contribution in [0.15, 0.2) is 52.7 Å². The highest BCUT2D eigenvalue weighted by molar-refractivity contribution is 7.92. The number of rotatable bonds is 5. The van der Waals surface area contributed by atoms with Gasteiger partial charge in [0, 0.05) is 16.6 Å². The number of esters is 1. The molecule has 0 saturated carbocycles. The summed E-state index contributed by atoms with van der Waals surface area (Å²) in [4.78, 5) is 16.1. The predicted molar refractivity (Wildman–Crippen MR) is 106 cm³/mol. The number of ether oxygens (including phenoxy) is 1. The van der Waals surface area contributed by atoms with Crippen molar-refractivity contribution < 1.29 is 17.9 Å². The number of hydrogen-bond acceptors (Lipinski definition) is 6. The fourth-order valence-electron chi connectivity index (χ4n) is 2.55. The average Bonchev–Trinajstić information content (AvgIpc) is 3.08. The second-order valence-electron chi connectivity index (χ2n) is 5.91. The minimum atomic E-state index is -3.85. The SMILES string of the molecule is COC(=O)c1ccc(C)c(S(=O)(=O)Nc2ccc(-c3csc(C)n3)cc2)c1. The van der Waals surface area contributed by atoms with Gasteiger partial charge in [0.25, 0.3) is 10.0 Å². The second kappa shape index (κ2) is 7.50. The summed E-state index contributed by atoms with van der Waals surface area (Å²) in [6, 6.07) is 11.4. The van der Waals surface area contributed by atoms with Crippen LogP contribution in [0.4, 0.5) is 5.69 Å². The molecule has 3 aromatic rings. The number of methoxy groups -OCH3 is 1. The van der Waals surface area contributed by atoms with Crippen molar-refractivity contribution in [1.29, 1.82) is 0 Å². The van der Waals surface area contributed by atoms with E-state index in [0.29, 0.717) is 11.3 Å². The van der Waals surface area contributed by atoms with Gasteiger partial charge in [0.15, 0.2) is 0 Å². The van der Waals surface area contributed by atoms with Gasteiger partial charge in [0.05, 0.1) is 28.3 Å². The van der Waals surface area contributed by atoms with E-state index < -0.39 is 16.0 Å². The Hall–Kier alpha value is -2.71. The lowest BCUT2D eigenvalue weighted by Crippen LogP contribution is -2.15. The van der Waals surface area contributed by atoms with Crippen molar-refractivity contribution in [3.63, 3.8) is 0 Å². The van der Waals surface area contributed by atoms with Crippen LogP contribution < -0.4 is 4.72 Å². The number of nitrogens with one attached hydrogen (secondary N) is 1. The molecule has 1 aromatic heterocycles. The largest absolute Gasteiger partial charge is 0.465 e. The van der Waals surface area contributed by atoms with Gasteiger partial charge in [-0.05, 0) is 43.7 Å². The smallest absolute Gasteiger partial charge is 0.337 e. The van der Waals surface area contributed by atoms with Crippen LogP contribution in [-0.2, 0) is 14.8 Å². The number of benzene rings is 2. The highest BCUT2D eigenvalue weighted by atomic mass is 32.2. The third-order valence-electron chi connectivity index (χ3n) is 3.95. The van der Waals surface area contributed by atoms with Gasteiger partial charge in [0.1, 0.15) is 0 Å². The summed E-state index contributed by atoms with van der Waals surface area (Å²) >= 11 is 1.56. The number of nitrogens with zero attached hydrogens (tertiary/aromatic N) is 1. The van der Waals surface area contributed by atoms with Crippen LogP contribution in [0, 0.1) is 13.8 Å². The minimum Gasteiger partial charge on any atom is -0.465 e. The topological polar surface area (TPSA) is 85.4 Å². The van der Waals surface area contributed by atoms with E-state index in [1.54, 1.807) is 36.5 Å². The van der Waals surface area contributed by atoms with Crippen molar-refractivity contribution in [2.75, 3.05) is 11.8 Å². The van der Waals surface area contributed by atoms with Crippen molar-refractivity contribution in [2.45, 2.75) is 18.7 Å². The first-order valence-corrected chi connectivity index (χ1v) is 10.4. The Morgan fingerprint density at radius 1 is 1.11 bits per heavy atom. The van der Waals surface area contributed by atoms with Crippen molar-refractivity contribution in [3.8, 4) is 11.3 Å². The van der Waals surface area contributed by atoms with Crippen LogP contribution in [0.2, 0.25) is 0 Å². The maximum Gasteiger partial charge on any atom is 0.337 e. The molecule has 0 bridgehead atoms. The van der Waals surface area contributed by atoms with Crippen LogP contribution in [0.3, 0.4) is 0 Å². The lowest BCUT2D eigenvalue weighted by Gasteiger charge is -2.12. The zero-order valence-electron chi connectivity index (χ0n) is 15.0. The second-order valence-corrected chi connectivity index (χ2v) is 8.62. The molecule has 3 rings (SSSR count). The maximum absolute atomic E-state index is 12.8. The Kier molecular flexibility index (Phi) is 5.29. The van der Waals surface area contributed by atoms with E-state index in [4.69, 9.17) is 0 Å². The molecule has 0 fully saturated rings. The maximum atomic E-state index is 12.8. The number of anilines is 1.